The number of benzene rings is 9. The standard InChI is InChI=1S/C52H32N2/c1-3-14-34(15-4-1)46-40-22-7-9-24-42(40)47(43-25-10-8-23-41(43)46)36-30-28-33(29-31-36)38-20-11-21-39(32-38)50-49-44-26-12-18-35-19-13-27-45(48(35)44)51(49)54-52(53-50)37-16-5-2-6-17-37/h1-32H. The summed E-state index contributed by atoms with van der Waals surface area (Å²) >= 11 is 0. The van der Waals surface area contributed by atoms with Crippen LogP contribution in [-0.2, 0) is 0 Å². The number of hydrogen-bond acceptors (Lipinski definition) is 2. The quantitative estimate of drug-likeness (QED) is 0.169. The molecule has 11 rings (SSSR count). The Kier molecular flexibility index (Phi) is 6.90. The summed E-state index contributed by atoms with van der Waals surface area (Å²) in [4.78, 5) is 10.5. The average molecular weight is 685 g/mol. The van der Waals surface area contributed by atoms with Gasteiger partial charge in [0.2, 0.25) is 0 Å². The van der Waals surface area contributed by atoms with Crippen molar-refractivity contribution in [1.82, 2.24) is 9.97 Å². The molecule has 0 fully saturated rings. The first-order chi connectivity index (χ1) is 26.8. The van der Waals surface area contributed by atoms with Crippen molar-refractivity contribution in [2.24, 2.45) is 0 Å². The number of rotatable bonds is 5. The molecule has 1 aliphatic carbocycles. The van der Waals surface area contributed by atoms with Gasteiger partial charge in [0.05, 0.1) is 11.4 Å². The molecular weight excluding hydrogens is 653 g/mol. The molecule has 250 valence electrons. The van der Waals surface area contributed by atoms with Crippen LogP contribution in [0.1, 0.15) is 0 Å². The summed E-state index contributed by atoms with van der Waals surface area (Å²) < 4.78 is 0. The minimum Gasteiger partial charge on any atom is -0.227 e. The van der Waals surface area contributed by atoms with Crippen molar-refractivity contribution in [3.05, 3.63) is 194 Å². The van der Waals surface area contributed by atoms with E-state index < -0.39 is 0 Å². The lowest BCUT2D eigenvalue weighted by atomic mass is 9.85. The van der Waals surface area contributed by atoms with Crippen molar-refractivity contribution < 1.29 is 0 Å². The lowest BCUT2D eigenvalue weighted by Crippen LogP contribution is -1.97. The molecular formula is C52H32N2. The Bertz CT molecular complexity index is 3010. The van der Waals surface area contributed by atoms with Gasteiger partial charge in [-0.05, 0) is 77.3 Å². The summed E-state index contributed by atoms with van der Waals surface area (Å²) in [6, 6.07) is 69.7. The maximum Gasteiger partial charge on any atom is 0.160 e. The molecule has 54 heavy (non-hydrogen) atoms. The molecule has 0 spiro atoms. The van der Waals surface area contributed by atoms with Crippen LogP contribution in [0.5, 0.6) is 0 Å². The van der Waals surface area contributed by atoms with Crippen LogP contribution in [0.2, 0.25) is 0 Å². The van der Waals surface area contributed by atoms with Gasteiger partial charge in [0, 0.05) is 22.3 Å². The second-order valence-corrected chi connectivity index (χ2v) is 14.1. The van der Waals surface area contributed by atoms with Crippen molar-refractivity contribution in [3.63, 3.8) is 0 Å². The predicted molar refractivity (Wildman–Crippen MR) is 226 cm³/mol. The Morgan fingerprint density at radius 1 is 0.278 bits per heavy atom. The fraction of sp³-hybridized carbons (Fsp3) is 0. The minimum atomic E-state index is 0.738. The highest BCUT2D eigenvalue weighted by Crippen LogP contribution is 2.50. The van der Waals surface area contributed by atoms with Crippen LogP contribution in [0.3, 0.4) is 0 Å². The lowest BCUT2D eigenvalue weighted by Gasteiger charge is -2.18. The monoisotopic (exact) mass is 684 g/mol. The molecule has 0 atom stereocenters. The van der Waals surface area contributed by atoms with Gasteiger partial charge in [-0.1, -0.05) is 188 Å². The minimum absolute atomic E-state index is 0.738. The van der Waals surface area contributed by atoms with Gasteiger partial charge in [0.25, 0.3) is 0 Å². The van der Waals surface area contributed by atoms with Crippen molar-refractivity contribution in [2.45, 2.75) is 0 Å². The van der Waals surface area contributed by atoms with Crippen molar-refractivity contribution >= 4 is 32.3 Å². The van der Waals surface area contributed by atoms with Crippen LogP contribution in [-0.4, -0.2) is 9.97 Å². The highest BCUT2D eigenvalue weighted by molar-refractivity contribution is 6.21. The second kappa shape index (κ2) is 12.2. The summed E-state index contributed by atoms with van der Waals surface area (Å²) in [6.45, 7) is 0. The van der Waals surface area contributed by atoms with Gasteiger partial charge in [0.1, 0.15) is 0 Å². The molecule has 0 amide bonds. The topological polar surface area (TPSA) is 25.8 Å². The molecule has 0 bridgehead atoms. The molecule has 0 saturated carbocycles. The normalized spacial score (nSPS) is 11.7. The molecule has 1 aliphatic rings. The number of aromatic nitrogens is 2. The van der Waals surface area contributed by atoms with Crippen LogP contribution in [0.25, 0.3) is 111 Å². The summed E-state index contributed by atoms with van der Waals surface area (Å²) in [5.41, 5.74) is 14.8. The van der Waals surface area contributed by atoms with Gasteiger partial charge in [-0.25, -0.2) is 9.97 Å². The van der Waals surface area contributed by atoms with Crippen LogP contribution in [0, 0.1) is 0 Å². The Balaban J connectivity index is 1.05. The van der Waals surface area contributed by atoms with Crippen molar-refractivity contribution in [3.8, 4) is 78.4 Å². The Morgan fingerprint density at radius 3 is 1.37 bits per heavy atom. The Morgan fingerprint density at radius 2 is 0.741 bits per heavy atom. The van der Waals surface area contributed by atoms with Gasteiger partial charge in [-0.3, -0.25) is 0 Å². The molecule has 0 unspecified atom stereocenters. The highest BCUT2D eigenvalue weighted by Gasteiger charge is 2.28. The molecule has 1 heterocycles. The highest BCUT2D eigenvalue weighted by atomic mass is 14.9. The van der Waals surface area contributed by atoms with Gasteiger partial charge in [-0.15, -0.1) is 0 Å². The molecule has 0 radical (unpaired) electrons. The summed E-state index contributed by atoms with van der Waals surface area (Å²) in [6.07, 6.45) is 0. The van der Waals surface area contributed by atoms with Crippen molar-refractivity contribution in [1.29, 1.82) is 0 Å². The first-order valence-corrected chi connectivity index (χ1v) is 18.5. The van der Waals surface area contributed by atoms with Crippen LogP contribution in [0.4, 0.5) is 0 Å². The predicted octanol–water partition coefficient (Wildman–Crippen LogP) is 13.9. The van der Waals surface area contributed by atoms with Gasteiger partial charge >= 0.3 is 0 Å². The summed E-state index contributed by atoms with van der Waals surface area (Å²) in [7, 11) is 0. The first-order valence-electron chi connectivity index (χ1n) is 18.5. The third-order valence-corrected chi connectivity index (χ3v) is 11.0. The van der Waals surface area contributed by atoms with Crippen LogP contribution < -0.4 is 0 Å². The third kappa shape index (κ3) is 4.74. The third-order valence-electron chi connectivity index (χ3n) is 11.0. The van der Waals surface area contributed by atoms with E-state index in [2.05, 4.69) is 188 Å². The summed E-state index contributed by atoms with van der Waals surface area (Å²) in [5, 5.41) is 7.51. The molecule has 0 N–H and O–H groups in total. The molecule has 10 aromatic rings. The van der Waals surface area contributed by atoms with E-state index in [0.29, 0.717) is 0 Å². The fourth-order valence-electron chi connectivity index (χ4n) is 8.61. The van der Waals surface area contributed by atoms with Gasteiger partial charge in [-0.2, -0.15) is 0 Å². The van der Waals surface area contributed by atoms with E-state index in [1.54, 1.807) is 0 Å². The number of nitrogens with zero attached hydrogens (tertiary/aromatic N) is 2. The van der Waals surface area contributed by atoms with E-state index in [0.717, 1.165) is 45.0 Å². The average Bonchev–Trinajstić information content (AvgIpc) is 3.58. The molecule has 9 aromatic carbocycles. The Hall–Kier alpha value is -7.16. The molecule has 2 heteroatoms. The molecule has 1 aromatic heterocycles. The van der Waals surface area contributed by atoms with E-state index >= 15 is 0 Å². The maximum atomic E-state index is 5.32. The zero-order chi connectivity index (χ0) is 35.6. The second-order valence-electron chi connectivity index (χ2n) is 14.1. The van der Waals surface area contributed by atoms with E-state index in [1.165, 1.54) is 65.7 Å². The number of hydrogen-bond donors (Lipinski definition) is 0. The summed E-state index contributed by atoms with van der Waals surface area (Å²) in [5.74, 6) is 0.738. The maximum absolute atomic E-state index is 5.32. The van der Waals surface area contributed by atoms with Crippen molar-refractivity contribution in [2.75, 3.05) is 0 Å². The fourth-order valence-corrected chi connectivity index (χ4v) is 8.61. The van der Waals surface area contributed by atoms with Gasteiger partial charge < -0.3 is 0 Å². The SMILES string of the molecule is c1ccc(-c2nc(-c3cccc(-c4ccc(-c5c6ccccc6c(-c6ccccc6)c6ccccc56)cc4)c3)c3c(n2)-c2cccc4cccc-3c24)cc1. The van der Waals surface area contributed by atoms with E-state index in [9.17, 15) is 0 Å². The lowest BCUT2D eigenvalue weighted by molar-refractivity contribution is 1.19. The molecule has 2 nitrogen and oxygen atoms in total. The zero-order valence-corrected chi connectivity index (χ0v) is 29.4. The van der Waals surface area contributed by atoms with E-state index in [4.69, 9.17) is 9.97 Å². The molecule has 0 aliphatic heterocycles. The smallest absolute Gasteiger partial charge is 0.160 e. The van der Waals surface area contributed by atoms with Gasteiger partial charge in [0.15, 0.2) is 5.82 Å². The first kappa shape index (κ1) is 30.5. The van der Waals surface area contributed by atoms with Crippen LogP contribution >= 0.6 is 0 Å². The molecule has 0 saturated heterocycles. The largest absolute Gasteiger partial charge is 0.227 e. The number of fused-ring (bicyclic) bond motifs is 5. The van der Waals surface area contributed by atoms with E-state index in [-0.39, 0.29) is 0 Å². The van der Waals surface area contributed by atoms with E-state index in [1.807, 2.05) is 6.07 Å². The van der Waals surface area contributed by atoms with Crippen LogP contribution in [0.15, 0.2) is 194 Å². The zero-order valence-electron chi connectivity index (χ0n) is 29.4. The Labute approximate surface area is 313 Å².